The number of aryl methyl sites for hydroxylation is 1. The van der Waals surface area contributed by atoms with E-state index in [0.717, 1.165) is 12.1 Å². The van der Waals surface area contributed by atoms with Crippen LogP contribution in [0.4, 0.5) is 13.2 Å². The fourth-order valence-corrected chi connectivity index (χ4v) is 2.36. The zero-order valence-electron chi connectivity index (χ0n) is 11.9. The van der Waals surface area contributed by atoms with E-state index >= 15 is 0 Å². The average molecular weight is 320 g/mol. The van der Waals surface area contributed by atoms with Crippen molar-refractivity contribution in [1.29, 1.82) is 0 Å². The number of halogens is 3. The Morgan fingerprint density at radius 3 is 2.43 bits per heavy atom. The van der Waals surface area contributed by atoms with E-state index in [9.17, 15) is 18.0 Å². The number of rotatable bonds is 2. The maximum atomic E-state index is 12.7. The van der Waals surface area contributed by atoms with Crippen molar-refractivity contribution in [1.82, 2.24) is 14.4 Å². The highest BCUT2D eigenvalue weighted by molar-refractivity contribution is 5.90. The number of carbonyl (C=O) groups is 1. The van der Waals surface area contributed by atoms with Gasteiger partial charge in [-0.3, -0.25) is 9.20 Å². The fraction of sp³-hybridized carbons (Fsp3) is 0.133. The van der Waals surface area contributed by atoms with Crippen LogP contribution in [0.5, 0.6) is 0 Å². The average Bonchev–Trinajstić information content (AvgIpc) is 2.81. The fourth-order valence-electron chi connectivity index (χ4n) is 2.36. The second-order valence-corrected chi connectivity index (χ2v) is 4.99. The number of hydrogen-bond acceptors (Lipinski definition) is 3. The van der Waals surface area contributed by atoms with Crippen LogP contribution in [-0.4, -0.2) is 20.3 Å². The Balaban J connectivity index is 2.17. The van der Waals surface area contributed by atoms with E-state index in [0.29, 0.717) is 22.6 Å². The highest BCUT2D eigenvalue weighted by atomic mass is 19.4. The summed E-state index contributed by atoms with van der Waals surface area (Å²) in [4.78, 5) is 19.4. The van der Waals surface area contributed by atoms with E-state index in [1.165, 1.54) is 24.5 Å². The van der Waals surface area contributed by atoms with Crippen LogP contribution in [0.15, 0.2) is 36.7 Å². The van der Waals surface area contributed by atoms with E-state index in [1.807, 2.05) is 0 Å². The molecule has 0 spiro atoms. The van der Waals surface area contributed by atoms with E-state index < -0.39 is 17.6 Å². The number of hydrogen-bond donors (Lipinski definition) is 1. The second kappa shape index (κ2) is 5.08. The van der Waals surface area contributed by atoms with Crippen molar-refractivity contribution in [2.24, 2.45) is 5.73 Å². The molecule has 0 unspecified atom stereocenters. The van der Waals surface area contributed by atoms with E-state index in [1.54, 1.807) is 11.3 Å². The lowest BCUT2D eigenvalue weighted by molar-refractivity contribution is -0.137. The monoisotopic (exact) mass is 320 g/mol. The molecule has 0 radical (unpaired) electrons. The molecule has 0 aliphatic heterocycles. The van der Waals surface area contributed by atoms with Crippen molar-refractivity contribution in [2.75, 3.05) is 0 Å². The van der Waals surface area contributed by atoms with Crippen molar-refractivity contribution in [3.8, 4) is 11.3 Å². The lowest BCUT2D eigenvalue weighted by Gasteiger charge is -2.08. The Labute approximate surface area is 128 Å². The highest BCUT2D eigenvalue weighted by Gasteiger charge is 2.30. The van der Waals surface area contributed by atoms with Gasteiger partial charge in [0, 0.05) is 11.8 Å². The van der Waals surface area contributed by atoms with Crippen LogP contribution < -0.4 is 5.73 Å². The highest BCUT2D eigenvalue weighted by Crippen LogP contribution is 2.32. The number of nitrogens with zero attached hydrogens (tertiary/aromatic N) is 3. The first-order valence-corrected chi connectivity index (χ1v) is 6.59. The summed E-state index contributed by atoms with van der Waals surface area (Å²) in [5.74, 6) is -0.698. The third-order valence-corrected chi connectivity index (χ3v) is 3.42. The predicted octanol–water partition coefficient (Wildman–Crippen LogP) is 2.82. The quantitative estimate of drug-likeness (QED) is 0.789. The van der Waals surface area contributed by atoms with Gasteiger partial charge in [-0.05, 0) is 19.1 Å². The summed E-state index contributed by atoms with van der Waals surface area (Å²) in [7, 11) is 0. The van der Waals surface area contributed by atoms with Crippen molar-refractivity contribution >= 4 is 11.6 Å². The lowest BCUT2D eigenvalue weighted by Crippen LogP contribution is -2.14. The largest absolute Gasteiger partial charge is 0.416 e. The zero-order chi connectivity index (χ0) is 16.8. The smallest absolute Gasteiger partial charge is 0.364 e. The summed E-state index contributed by atoms with van der Waals surface area (Å²) in [6.07, 6.45) is -1.58. The van der Waals surface area contributed by atoms with Gasteiger partial charge in [-0.2, -0.15) is 13.2 Å². The zero-order valence-corrected chi connectivity index (χ0v) is 11.9. The van der Waals surface area contributed by atoms with Gasteiger partial charge in [-0.25, -0.2) is 9.97 Å². The van der Waals surface area contributed by atoms with Crippen molar-refractivity contribution < 1.29 is 18.0 Å². The SMILES string of the molecule is Cc1nc2cnc(C(N)=O)cn2c1-c1ccc(C(F)(F)F)cc1. The van der Waals surface area contributed by atoms with Crippen molar-refractivity contribution in [3.05, 3.63) is 53.6 Å². The maximum absolute atomic E-state index is 12.7. The van der Waals surface area contributed by atoms with E-state index in [2.05, 4.69) is 9.97 Å². The van der Waals surface area contributed by atoms with Crippen LogP contribution in [0.25, 0.3) is 16.9 Å². The van der Waals surface area contributed by atoms with Gasteiger partial charge in [0.1, 0.15) is 5.69 Å². The number of benzene rings is 1. The molecule has 0 saturated heterocycles. The molecule has 1 amide bonds. The molecule has 2 N–H and O–H groups in total. The summed E-state index contributed by atoms with van der Waals surface area (Å²) in [6, 6.07) is 4.74. The van der Waals surface area contributed by atoms with Crippen LogP contribution in [0.1, 0.15) is 21.7 Å². The normalized spacial score (nSPS) is 11.8. The Bertz CT molecular complexity index is 897. The third-order valence-electron chi connectivity index (χ3n) is 3.42. The molecule has 0 aliphatic rings. The summed E-state index contributed by atoms with van der Waals surface area (Å²) < 4.78 is 39.6. The van der Waals surface area contributed by atoms with Gasteiger partial charge in [-0.1, -0.05) is 12.1 Å². The molecule has 0 saturated carbocycles. The predicted molar refractivity (Wildman–Crippen MR) is 76.7 cm³/mol. The number of nitrogens with two attached hydrogens (primary N) is 1. The summed E-state index contributed by atoms with van der Waals surface area (Å²) in [5, 5.41) is 0. The van der Waals surface area contributed by atoms with Gasteiger partial charge < -0.3 is 5.73 Å². The van der Waals surface area contributed by atoms with Crippen LogP contribution >= 0.6 is 0 Å². The minimum absolute atomic E-state index is 0.0445. The summed E-state index contributed by atoms with van der Waals surface area (Å²) in [6.45, 7) is 1.73. The molecule has 2 aromatic heterocycles. The minimum Gasteiger partial charge on any atom is -0.364 e. The molecule has 23 heavy (non-hydrogen) atoms. The number of primary amides is 1. The first kappa shape index (κ1) is 15.0. The molecule has 3 rings (SSSR count). The Kier molecular flexibility index (Phi) is 3.32. The third kappa shape index (κ3) is 2.63. The summed E-state index contributed by atoms with van der Waals surface area (Å²) in [5.41, 5.74) is 6.73. The Morgan fingerprint density at radius 2 is 1.87 bits per heavy atom. The number of aromatic nitrogens is 3. The molecular weight excluding hydrogens is 309 g/mol. The van der Waals surface area contributed by atoms with Crippen molar-refractivity contribution in [3.63, 3.8) is 0 Å². The first-order chi connectivity index (χ1) is 10.8. The number of fused-ring (bicyclic) bond motifs is 1. The number of amides is 1. The molecule has 0 bridgehead atoms. The summed E-state index contributed by atoms with van der Waals surface area (Å²) >= 11 is 0. The van der Waals surface area contributed by atoms with Crippen LogP contribution in [-0.2, 0) is 6.18 Å². The molecule has 0 aliphatic carbocycles. The molecule has 3 aromatic rings. The molecule has 8 heteroatoms. The van der Waals surface area contributed by atoms with E-state index in [-0.39, 0.29) is 5.69 Å². The van der Waals surface area contributed by atoms with Gasteiger partial charge in [0.2, 0.25) is 0 Å². The van der Waals surface area contributed by atoms with Crippen LogP contribution in [0.3, 0.4) is 0 Å². The second-order valence-electron chi connectivity index (χ2n) is 4.99. The lowest BCUT2D eigenvalue weighted by atomic mass is 10.1. The van der Waals surface area contributed by atoms with Crippen LogP contribution in [0, 0.1) is 6.92 Å². The molecular formula is C15H11F3N4O. The Morgan fingerprint density at radius 1 is 1.22 bits per heavy atom. The van der Waals surface area contributed by atoms with Gasteiger partial charge in [0.05, 0.1) is 23.1 Å². The Hall–Kier alpha value is -2.90. The van der Waals surface area contributed by atoms with Crippen molar-refractivity contribution in [2.45, 2.75) is 13.1 Å². The van der Waals surface area contributed by atoms with Gasteiger partial charge in [-0.15, -0.1) is 0 Å². The van der Waals surface area contributed by atoms with Gasteiger partial charge in [0.15, 0.2) is 5.65 Å². The number of carbonyl (C=O) groups excluding carboxylic acids is 1. The molecule has 0 atom stereocenters. The van der Waals surface area contributed by atoms with Gasteiger partial charge in [0.25, 0.3) is 5.91 Å². The number of imidazole rings is 1. The topological polar surface area (TPSA) is 73.3 Å². The number of alkyl halides is 3. The first-order valence-electron chi connectivity index (χ1n) is 6.59. The maximum Gasteiger partial charge on any atom is 0.416 e. The molecule has 0 fully saturated rings. The standard InChI is InChI=1S/C15H11F3N4O/c1-8-13(9-2-4-10(5-3-9)15(16,17)18)22-7-11(14(19)23)20-6-12(22)21-8/h2-7H,1H3,(H2,19,23). The molecule has 2 heterocycles. The van der Waals surface area contributed by atoms with Crippen LogP contribution in [0.2, 0.25) is 0 Å². The van der Waals surface area contributed by atoms with Gasteiger partial charge >= 0.3 is 6.18 Å². The molecule has 1 aromatic carbocycles. The minimum atomic E-state index is -4.39. The molecule has 5 nitrogen and oxygen atoms in total. The molecule has 118 valence electrons. The van der Waals surface area contributed by atoms with E-state index in [4.69, 9.17) is 5.73 Å².